The molecule has 7 heteroatoms. The van der Waals surface area contributed by atoms with Crippen molar-refractivity contribution in [2.45, 2.75) is 32.7 Å². The van der Waals surface area contributed by atoms with Crippen LogP contribution in [0.1, 0.15) is 31.9 Å². The standard InChI is InChI=1S/C21H23N5O2/c1-13(27)23-15-8-6-9-16(11-15)25-26-19(20(22)28)18-17-10-5-4-7-14(17)12-21(2,3)24-18/h4-11,25H,12H2,1-3H3,(H2,22,28)(H,23,27). The van der Waals surface area contributed by atoms with Crippen LogP contribution >= 0.6 is 0 Å². The van der Waals surface area contributed by atoms with Gasteiger partial charge in [-0.1, -0.05) is 30.3 Å². The smallest absolute Gasteiger partial charge is 0.271 e. The molecule has 0 saturated heterocycles. The van der Waals surface area contributed by atoms with Crippen LogP contribution in [-0.4, -0.2) is 28.8 Å². The molecule has 2 aromatic carbocycles. The van der Waals surface area contributed by atoms with Crippen molar-refractivity contribution in [3.63, 3.8) is 0 Å². The maximum Gasteiger partial charge on any atom is 0.271 e. The Labute approximate surface area is 163 Å². The highest BCUT2D eigenvalue weighted by molar-refractivity contribution is 6.70. The molecule has 0 fully saturated rings. The van der Waals surface area contributed by atoms with E-state index < -0.39 is 5.91 Å². The Hall–Kier alpha value is -3.48. The van der Waals surface area contributed by atoms with E-state index in [1.807, 2.05) is 38.1 Å². The minimum atomic E-state index is -0.670. The SMILES string of the molecule is CC(=O)Nc1cccc(NN=C(C(N)=O)C2=NC(C)(C)Cc3ccccc32)c1. The van der Waals surface area contributed by atoms with Crippen molar-refractivity contribution in [3.8, 4) is 0 Å². The fraction of sp³-hybridized carbons (Fsp3) is 0.238. The van der Waals surface area contributed by atoms with Crippen molar-refractivity contribution in [2.24, 2.45) is 15.8 Å². The molecular formula is C21H23N5O2. The highest BCUT2D eigenvalue weighted by Crippen LogP contribution is 2.27. The molecule has 1 aliphatic heterocycles. The second-order valence-electron chi connectivity index (χ2n) is 7.31. The molecule has 1 aliphatic rings. The first-order valence-corrected chi connectivity index (χ1v) is 8.95. The van der Waals surface area contributed by atoms with Crippen LogP contribution in [0.15, 0.2) is 58.6 Å². The number of hydrogen-bond donors (Lipinski definition) is 3. The van der Waals surface area contributed by atoms with E-state index in [2.05, 4.69) is 15.8 Å². The molecule has 0 aliphatic carbocycles. The third-order valence-electron chi connectivity index (χ3n) is 4.25. The van der Waals surface area contributed by atoms with Crippen LogP contribution in [0.5, 0.6) is 0 Å². The Morgan fingerprint density at radius 2 is 1.82 bits per heavy atom. The first-order valence-electron chi connectivity index (χ1n) is 8.95. The number of carbonyl (C=O) groups is 2. The summed E-state index contributed by atoms with van der Waals surface area (Å²) < 4.78 is 0. The molecule has 0 atom stereocenters. The van der Waals surface area contributed by atoms with Gasteiger partial charge in [-0.05, 0) is 44.0 Å². The van der Waals surface area contributed by atoms with E-state index in [1.165, 1.54) is 6.92 Å². The third kappa shape index (κ3) is 4.43. The van der Waals surface area contributed by atoms with Crippen molar-refractivity contribution in [2.75, 3.05) is 10.7 Å². The zero-order valence-corrected chi connectivity index (χ0v) is 16.1. The van der Waals surface area contributed by atoms with Crippen LogP contribution in [0.2, 0.25) is 0 Å². The molecule has 0 saturated carbocycles. The summed E-state index contributed by atoms with van der Waals surface area (Å²) in [6.07, 6.45) is 0.769. The molecule has 144 valence electrons. The highest BCUT2D eigenvalue weighted by atomic mass is 16.1. The number of aliphatic imine (C=N–C) groups is 1. The van der Waals surface area contributed by atoms with Crippen molar-refractivity contribution >= 4 is 34.6 Å². The number of primary amides is 1. The van der Waals surface area contributed by atoms with Crippen LogP contribution < -0.4 is 16.5 Å². The molecule has 7 nitrogen and oxygen atoms in total. The van der Waals surface area contributed by atoms with Crippen LogP contribution in [0, 0.1) is 0 Å². The largest absolute Gasteiger partial charge is 0.364 e. The van der Waals surface area contributed by atoms with Crippen molar-refractivity contribution < 1.29 is 9.59 Å². The lowest BCUT2D eigenvalue weighted by molar-refractivity contribution is -0.114. The van der Waals surface area contributed by atoms with Crippen LogP contribution in [-0.2, 0) is 16.0 Å². The molecule has 1 heterocycles. The quantitative estimate of drug-likeness (QED) is 0.550. The Balaban J connectivity index is 1.97. The van der Waals surface area contributed by atoms with E-state index >= 15 is 0 Å². The predicted octanol–water partition coefficient (Wildman–Crippen LogP) is 2.72. The van der Waals surface area contributed by atoms with E-state index in [4.69, 9.17) is 10.7 Å². The Morgan fingerprint density at radius 3 is 2.54 bits per heavy atom. The number of hydrogen-bond acceptors (Lipinski definition) is 5. The van der Waals surface area contributed by atoms with Crippen LogP contribution in [0.3, 0.4) is 0 Å². The van der Waals surface area contributed by atoms with Gasteiger partial charge in [0.05, 0.1) is 16.9 Å². The summed E-state index contributed by atoms with van der Waals surface area (Å²) in [7, 11) is 0. The number of nitrogens with two attached hydrogens (primary N) is 1. The van der Waals surface area contributed by atoms with Gasteiger partial charge in [-0.3, -0.25) is 20.0 Å². The summed E-state index contributed by atoms with van der Waals surface area (Å²) in [4.78, 5) is 28.1. The lowest BCUT2D eigenvalue weighted by Gasteiger charge is -2.28. The lowest BCUT2D eigenvalue weighted by atomic mass is 9.85. The Kier molecular flexibility index (Phi) is 5.26. The zero-order valence-electron chi connectivity index (χ0n) is 16.1. The molecule has 28 heavy (non-hydrogen) atoms. The van der Waals surface area contributed by atoms with E-state index in [9.17, 15) is 9.59 Å². The second-order valence-corrected chi connectivity index (χ2v) is 7.31. The summed E-state index contributed by atoms with van der Waals surface area (Å²) in [5, 5.41) is 6.95. The van der Waals surface area contributed by atoms with Gasteiger partial charge in [0.2, 0.25) is 5.91 Å². The summed E-state index contributed by atoms with van der Waals surface area (Å²) in [6.45, 7) is 5.45. The summed E-state index contributed by atoms with van der Waals surface area (Å²) >= 11 is 0. The van der Waals surface area contributed by atoms with Crippen molar-refractivity contribution in [1.29, 1.82) is 0 Å². The molecule has 0 aromatic heterocycles. The highest BCUT2D eigenvalue weighted by Gasteiger charge is 2.30. The van der Waals surface area contributed by atoms with Gasteiger partial charge in [-0.2, -0.15) is 5.10 Å². The van der Waals surface area contributed by atoms with E-state index in [0.717, 1.165) is 17.5 Å². The number of carbonyl (C=O) groups excluding carboxylic acids is 2. The molecule has 0 unspecified atom stereocenters. The number of benzene rings is 2. The van der Waals surface area contributed by atoms with Gasteiger partial charge >= 0.3 is 0 Å². The van der Waals surface area contributed by atoms with Gasteiger partial charge in [0.25, 0.3) is 5.91 Å². The molecule has 3 rings (SSSR count). The fourth-order valence-electron chi connectivity index (χ4n) is 3.17. The zero-order chi connectivity index (χ0) is 20.3. The maximum absolute atomic E-state index is 12.2. The molecular weight excluding hydrogens is 354 g/mol. The minimum Gasteiger partial charge on any atom is -0.364 e. The lowest BCUT2D eigenvalue weighted by Crippen LogP contribution is -2.38. The average Bonchev–Trinajstić information content (AvgIpc) is 2.60. The van der Waals surface area contributed by atoms with Crippen molar-refractivity contribution in [3.05, 3.63) is 59.7 Å². The second kappa shape index (κ2) is 7.64. The molecule has 4 N–H and O–H groups in total. The van der Waals surface area contributed by atoms with E-state index in [1.54, 1.807) is 24.3 Å². The van der Waals surface area contributed by atoms with Crippen LogP contribution in [0.25, 0.3) is 0 Å². The van der Waals surface area contributed by atoms with Gasteiger partial charge < -0.3 is 11.1 Å². The van der Waals surface area contributed by atoms with Gasteiger partial charge in [0.1, 0.15) is 0 Å². The number of hydrazone groups is 1. The van der Waals surface area contributed by atoms with E-state index in [-0.39, 0.29) is 17.2 Å². The minimum absolute atomic E-state index is 0.0603. The van der Waals surface area contributed by atoms with Gasteiger partial charge in [0.15, 0.2) is 5.71 Å². The number of nitrogens with zero attached hydrogens (tertiary/aromatic N) is 2. The number of amides is 2. The monoisotopic (exact) mass is 377 g/mol. The first kappa shape index (κ1) is 19.3. The molecule has 2 aromatic rings. The van der Waals surface area contributed by atoms with Crippen LogP contribution in [0.4, 0.5) is 11.4 Å². The van der Waals surface area contributed by atoms with Crippen molar-refractivity contribution in [1.82, 2.24) is 0 Å². The third-order valence-corrected chi connectivity index (χ3v) is 4.25. The Morgan fingerprint density at radius 1 is 1.11 bits per heavy atom. The topological polar surface area (TPSA) is 109 Å². The summed E-state index contributed by atoms with van der Waals surface area (Å²) in [5.74, 6) is -0.842. The first-order chi connectivity index (χ1) is 13.2. The number of fused-ring (bicyclic) bond motifs is 1. The fourth-order valence-corrected chi connectivity index (χ4v) is 3.17. The van der Waals surface area contributed by atoms with Gasteiger partial charge in [-0.25, -0.2) is 0 Å². The summed E-state index contributed by atoms with van der Waals surface area (Å²) in [6, 6.07) is 14.8. The predicted molar refractivity (Wildman–Crippen MR) is 112 cm³/mol. The molecule has 2 amide bonds. The average molecular weight is 377 g/mol. The van der Waals surface area contributed by atoms with E-state index in [0.29, 0.717) is 17.1 Å². The number of anilines is 2. The molecule has 0 radical (unpaired) electrons. The normalized spacial score (nSPS) is 15.2. The number of rotatable bonds is 5. The molecule has 0 bridgehead atoms. The number of nitrogens with one attached hydrogen (secondary N) is 2. The maximum atomic E-state index is 12.2. The summed E-state index contributed by atoms with van der Waals surface area (Å²) in [5.41, 5.74) is 11.8. The molecule has 0 spiro atoms. The Bertz CT molecular complexity index is 992. The van der Waals surface area contributed by atoms with Gasteiger partial charge in [0, 0.05) is 18.2 Å². The van der Waals surface area contributed by atoms with Gasteiger partial charge in [-0.15, -0.1) is 0 Å².